The lowest BCUT2D eigenvalue weighted by Crippen LogP contribution is -2.33. The molecule has 0 radical (unpaired) electrons. The summed E-state index contributed by atoms with van der Waals surface area (Å²) in [5, 5.41) is 5.29. The Morgan fingerprint density at radius 1 is 1.11 bits per heavy atom. The molecular formula is C20H17F2N3O2S. The van der Waals surface area contributed by atoms with E-state index in [1.54, 1.807) is 6.20 Å². The van der Waals surface area contributed by atoms with E-state index in [-0.39, 0.29) is 12.1 Å². The number of nitrogens with one attached hydrogen (secondary N) is 2. The predicted molar refractivity (Wildman–Crippen MR) is 103 cm³/mol. The van der Waals surface area contributed by atoms with E-state index in [0.29, 0.717) is 17.6 Å². The minimum absolute atomic E-state index is 0.330. The highest BCUT2D eigenvalue weighted by Gasteiger charge is 2.14. The average Bonchev–Trinajstić information content (AvgIpc) is 3.08. The minimum atomic E-state index is -0.987. The van der Waals surface area contributed by atoms with Gasteiger partial charge in [-0.3, -0.25) is 9.59 Å². The van der Waals surface area contributed by atoms with Crippen LogP contribution in [0.4, 0.5) is 13.9 Å². The number of aromatic nitrogens is 1. The van der Waals surface area contributed by atoms with Gasteiger partial charge in [-0.2, -0.15) is 0 Å². The summed E-state index contributed by atoms with van der Waals surface area (Å²) in [6.45, 7) is 1.66. The van der Waals surface area contributed by atoms with Crippen LogP contribution in [-0.2, 0) is 11.2 Å². The van der Waals surface area contributed by atoms with E-state index in [9.17, 15) is 18.4 Å². The van der Waals surface area contributed by atoms with Crippen LogP contribution in [0.15, 0.2) is 48.7 Å². The topological polar surface area (TPSA) is 71.1 Å². The Hall–Kier alpha value is -3.13. The first-order valence-corrected chi connectivity index (χ1v) is 9.26. The summed E-state index contributed by atoms with van der Waals surface area (Å²) >= 11 is 1.34. The average molecular weight is 401 g/mol. The zero-order valence-corrected chi connectivity index (χ0v) is 15.8. The quantitative estimate of drug-likeness (QED) is 0.662. The van der Waals surface area contributed by atoms with E-state index in [4.69, 9.17) is 0 Å². The minimum Gasteiger partial charge on any atom is -0.343 e. The van der Waals surface area contributed by atoms with E-state index < -0.39 is 23.4 Å². The Kier molecular flexibility index (Phi) is 6.10. The van der Waals surface area contributed by atoms with Gasteiger partial charge in [-0.05, 0) is 24.6 Å². The van der Waals surface area contributed by atoms with Crippen molar-refractivity contribution < 1.29 is 18.4 Å². The third-order valence-corrected chi connectivity index (χ3v) is 4.80. The number of halogens is 2. The molecule has 5 nitrogen and oxygen atoms in total. The van der Waals surface area contributed by atoms with Crippen LogP contribution >= 0.6 is 11.3 Å². The Bertz CT molecular complexity index is 1000. The fourth-order valence-electron chi connectivity index (χ4n) is 2.45. The first kappa shape index (κ1) is 19.6. The van der Waals surface area contributed by atoms with Crippen molar-refractivity contribution in [3.8, 4) is 0 Å². The van der Waals surface area contributed by atoms with Gasteiger partial charge in [-0.25, -0.2) is 13.8 Å². The van der Waals surface area contributed by atoms with Crippen LogP contribution in [0.5, 0.6) is 0 Å². The normalized spacial score (nSPS) is 10.5. The molecule has 0 aliphatic heterocycles. The predicted octanol–water partition coefficient (Wildman–Crippen LogP) is 3.69. The van der Waals surface area contributed by atoms with Crippen LogP contribution in [0.25, 0.3) is 0 Å². The zero-order valence-electron chi connectivity index (χ0n) is 15.0. The number of nitrogens with zero attached hydrogens (tertiary/aromatic N) is 1. The number of thiazole rings is 1. The van der Waals surface area contributed by atoms with Crippen molar-refractivity contribution in [3.63, 3.8) is 0 Å². The lowest BCUT2D eigenvalue weighted by Gasteiger charge is -2.06. The van der Waals surface area contributed by atoms with E-state index in [1.807, 2.05) is 31.2 Å². The second kappa shape index (κ2) is 8.71. The van der Waals surface area contributed by atoms with E-state index >= 15 is 0 Å². The largest absolute Gasteiger partial charge is 0.343 e. The lowest BCUT2D eigenvalue weighted by atomic mass is 10.1. The van der Waals surface area contributed by atoms with Gasteiger partial charge in [0.05, 0.1) is 12.1 Å². The summed E-state index contributed by atoms with van der Waals surface area (Å²) < 4.78 is 26.4. The summed E-state index contributed by atoms with van der Waals surface area (Å²) in [7, 11) is 0. The van der Waals surface area contributed by atoms with Gasteiger partial charge in [0.25, 0.3) is 5.91 Å². The van der Waals surface area contributed by atoms with Crippen molar-refractivity contribution in [1.29, 1.82) is 0 Å². The van der Waals surface area contributed by atoms with Gasteiger partial charge >= 0.3 is 0 Å². The number of benzene rings is 2. The third kappa shape index (κ3) is 5.20. The van der Waals surface area contributed by atoms with Crippen LogP contribution in [0, 0.1) is 18.6 Å². The van der Waals surface area contributed by atoms with Crippen molar-refractivity contribution in [2.75, 3.05) is 11.9 Å². The maximum Gasteiger partial charge on any atom is 0.254 e. The van der Waals surface area contributed by atoms with Gasteiger partial charge < -0.3 is 10.6 Å². The molecule has 1 aromatic heterocycles. The summed E-state index contributed by atoms with van der Waals surface area (Å²) in [6.07, 6.45) is 2.39. The SMILES string of the molecule is Cc1ccc(Cc2cnc(NC(=O)CNC(=O)c3ccc(F)cc3F)s2)cc1. The fourth-order valence-corrected chi connectivity index (χ4v) is 3.31. The zero-order chi connectivity index (χ0) is 20.1. The Balaban J connectivity index is 1.51. The number of hydrogen-bond donors (Lipinski definition) is 2. The molecule has 144 valence electrons. The number of amides is 2. The van der Waals surface area contributed by atoms with Crippen molar-refractivity contribution in [1.82, 2.24) is 10.3 Å². The van der Waals surface area contributed by atoms with Crippen molar-refractivity contribution >= 4 is 28.3 Å². The molecule has 0 saturated carbocycles. The van der Waals surface area contributed by atoms with Gasteiger partial charge in [0.15, 0.2) is 5.13 Å². The maximum absolute atomic E-state index is 13.6. The molecule has 3 aromatic rings. The Morgan fingerprint density at radius 2 is 1.86 bits per heavy atom. The highest BCUT2D eigenvalue weighted by molar-refractivity contribution is 7.15. The highest BCUT2D eigenvalue weighted by Crippen LogP contribution is 2.21. The Labute approximate surface area is 164 Å². The van der Waals surface area contributed by atoms with Crippen molar-refractivity contribution in [2.45, 2.75) is 13.3 Å². The molecule has 2 aromatic carbocycles. The molecule has 0 bridgehead atoms. The summed E-state index contributed by atoms with van der Waals surface area (Å²) in [6, 6.07) is 10.8. The summed E-state index contributed by atoms with van der Waals surface area (Å²) in [5.41, 5.74) is 1.99. The van der Waals surface area contributed by atoms with Gasteiger partial charge in [0, 0.05) is 23.6 Å². The van der Waals surface area contributed by atoms with Crippen LogP contribution < -0.4 is 10.6 Å². The van der Waals surface area contributed by atoms with Crippen molar-refractivity contribution in [2.24, 2.45) is 0 Å². The molecule has 0 saturated heterocycles. The van der Waals surface area contributed by atoms with Gasteiger partial charge in [0.2, 0.25) is 5.91 Å². The molecule has 0 spiro atoms. The number of aryl methyl sites for hydroxylation is 1. The highest BCUT2D eigenvalue weighted by atomic mass is 32.1. The van der Waals surface area contributed by atoms with Crippen LogP contribution in [0.3, 0.4) is 0 Å². The molecule has 0 atom stereocenters. The molecule has 2 amide bonds. The molecule has 3 rings (SSSR count). The van der Waals surface area contributed by atoms with Gasteiger partial charge in [-0.1, -0.05) is 29.8 Å². The standard InChI is InChI=1S/C20H17F2N3O2S/c1-12-2-4-13(5-3-12)8-15-10-24-20(28-15)25-18(26)11-23-19(27)16-7-6-14(21)9-17(16)22/h2-7,9-10H,8,11H2,1H3,(H,23,27)(H,24,25,26). The lowest BCUT2D eigenvalue weighted by molar-refractivity contribution is -0.115. The van der Waals surface area contributed by atoms with Gasteiger partial charge in [-0.15, -0.1) is 11.3 Å². The van der Waals surface area contributed by atoms with Gasteiger partial charge in [0.1, 0.15) is 11.6 Å². The molecular weight excluding hydrogens is 384 g/mol. The van der Waals surface area contributed by atoms with E-state index in [2.05, 4.69) is 15.6 Å². The van der Waals surface area contributed by atoms with E-state index in [0.717, 1.165) is 22.6 Å². The molecule has 28 heavy (non-hydrogen) atoms. The first-order valence-electron chi connectivity index (χ1n) is 8.44. The number of carbonyl (C=O) groups excluding carboxylic acids is 2. The van der Waals surface area contributed by atoms with Crippen molar-refractivity contribution in [3.05, 3.63) is 81.9 Å². The monoisotopic (exact) mass is 401 g/mol. The molecule has 0 aliphatic rings. The molecule has 0 fully saturated rings. The third-order valence-electron chi connectivity index (χ3n) is 3.88. The number of rotatable bonds is 6. The smallest absolute Gasteiger partial charge is 0.254 e. The summed E-state index contributed by atoms with van der Waals surface area (Å²) in [5.74, 6) is -3.06. The second-order valence-corrected chi connectivity index (χ2v) is 7.26. The van der Waals surface area contributed by atoms with Crippen LogP contribution in [0.2, 0.25) is 0 Å². The molecule has 1 heterocycles. The first-order chi connectivity index (χ1) is 13.4. The van der Waals surface area contributed by atoms with Crippen LogP contribution in [0.1, 0.15) is 26.4 Å². The number of carbonyl (C=O) groups is 2. The number of anilines is 1. The fraction of sp³-hybridized carbons (Fsp3) is 0.150. The van der Waals surface area contributed by atoms with E-state index in [1.165, 1.54) is 16.9 Å². The number of hydrogen-bond acceptors (Lipinski definition) is 4. The molecule has 0 unspecified atom stereocenters. The molecule has 0 aliphatic carbocycles. The second-order valence-electron chi connectivity index (χ2n) is 6.15. The molecule has 2 N–H and O–H groups in total. The maximum atomic E-state index is 13.6. The van der Waals surface area contributed by atoms with Crippen LogP contribution in [-0.4, -0.2) is 23.3 Å². The Morgan fingerprint density at radius 3 is 2.57 bits per heavy atom. The molecule has 8 heteroatoms. The summed E-state index contributed by atoms with van der Waals surface area (Å²) in [4.78, 5) is 29.0.